The van der Waals surface area contributed by atoms with E-state index < -0.39 is 0 Å². The first-order valence-corrected chi connectivity index (χ1v) is 4.80. The van der Waals surface area contributed by atoms with Gasteiger partial charge in [0.2, 0.25) is 0 Å². The van der Waals surface area contributed by atoms with Gasteiger partial charge in [0, 0.05) is 4.47 Å². The molecule has 0 aromatic heterocycles. The minimum absolute atomic E-state index is 0.0803. The number of aliphatic hydroxyl groups is 1. The molecule has 0 unspecified atom stereocenters. The Kier molecular flexibility index (Phi) is 3.94. The minimum atomic E-state index is -0.297. The molecule has 0 saturated carbocycles. The predicted molar refractivity (Wildman–Crippen MR) is 54.0 cm³/mol. The minimum Gasteiger partial charge on any atom is -0.395 e. The second-order valence-electron chi connectivity index (χ2n) is 2.84. The molecule has 1 N–H and O–H groups in total. The summed E-state index contributed by atoms with van der Waals surface area (Å²) < 4.78 is 1.000. The number of nitrogens with zero attached hydrogens (tertiary/aromatic N) is 1. The van der Waals surface area contributed by atoms with E-state index in [2.05, 4.69) is 22.0 Å². The van der Waals surface area contributed by atoms with Crippen LogP contribution in [0.4, 0.5) is 0 Å². The van der Waals surface area contributed by atoms with Gasteiger partial charge in [0.05, 0.1) is 18.6 Å². The summed E-state index contributed by atoms with van der Waals surface area (Å²) in [7, 11) is 0. The van der Waals surface area contributed by atoms with Crippen molar-refractivity contribution in [2.75, 3.05) is 6.61 Å². The molecule has 0 spiro atoms. The first-order chi connectivity index (χ1) is 6.26. The molecule has 0 aliphatic heterocycles. The number of aliphatic hydroxyl groups excluding tert-OH is 1. The number of nitriles is 1. The third-order valence-electron chi connectivity index (χ3n) is 1.77. The topological polar surface area (TPSA) is 44.0 Å². The highest BCUT2D eigenvalue weighted by Crippen LogP contribution is 2.14. The van der Waals surface area contributed by atoms with E-state index >= 15 is 0 Å². The van der Waals surface area contributed by atoms with Crippen molar-refractivity contribution in [3.8, 4) is 6.07 Å². The molecule has 2 nitrogen and oxygen atoms in total. The Morgan fingerprint density at radius 1 is 1.54 bits per heavy atom. The Balaban J connectivity index is 2.69. The van der Waals surface area contributed by atoms with Crippen molar-refractivity contribution in [2.24, 2.45) is 5.92 Å². The molecule has 0 aliphatic carbocycles. The average molecular weight is 240 g/mol. The molecule has 0 fully saturated rings. The second-order valence-corrected chi connectivity index (χ2v) is 3.76. The zero-order valence-corrected chi connectivity index (χ0v) is 8.66. The number of halogens is 1. The number of hydrogen-bond acceptors (Lipinski definition) is 2. The van der Waals surface area contributed by atoms with Crippen LogP contribution in [0.15, 0.2) is 28.7 Å². The molecule has 3 heteroatoms. The van der Waals surface area contributed by atoms with Gasteiger partial charge >= 0.3 is 0 Å². The van der Waals surface area contributed by atoms with Crippen molar-refractivity contribution in [1.82, 2.24) is 0 Å². The zero-order valence-electron chi connectivity index (χ0n) is 7.07. The molecule has 68 valence electrons. The van der Waals surface area contributed by atoms with E-state index in [1.54, 1.807) is 0 Å². The van der Waals surface area contributed by atoms with Gasteiger partial charge in [-0.1, -0.05) is 28.1 Å². The lowest BCUT2D eigenvalue weighted by molar-refractivity contribution is 0.255. The number of benzene rings is 1. The van der Waals surface area contributed by atoms with Crippen molar-refractivity contribution in [3.05, 3.63) is 34.3 Å². The summed E-state index contributed by atoms with van der Waals surface area (Å²) in [5.41, 5.74) is 1.06. The Hall–Kier alpha value is -0.850. The largest absolute Gasteiger partial charge is 0.395 e. The second kappa shape index (κ2) is 5.00. The lowest BCUT2D eigenvalue weighted by atomic mass is 10.0. The first-order valence-electron chi connectivity index (χ1n) is 4.01. The van der Waals surface area contributed by atoms with E-state index in [0.717, 1.165) is 10.0 Å². The highest BCUT2D eigenvalue weighted by molar-refractivity contribution is 9.10. The van der Waals surface area contributed by atoms with Crippen molar-refractivity contribution in [1.29, 1.82) is 5.26 Å². The maximum Gasteiger partial charge on any atom is 0.0734 e. The van der Waals surface area contributed by atoms with E-state index in [4.69, 9.17) is 10.4 Å². The fourth-order valence-corrected chi connectivity index (χ4v) is 1.55. The van der Waals surface area contributed by atoms with Crippen molar-refractivity contribution in [2.45, 2.75) is 6.42 Å². The molecular weight excluding hydrogens is 230 g/mol. The molecule has 0 amide bonds. The van der Waals surface area contributed by atoms with Crippen LogP contribution in [-0.2, 0) is 6.42 Å². The third kappa shape index (κ3) is 3.17. The van der Waals surface area contributed by atoms with E-state index in [1.165, 1.54) is 0 Å². The SMILES string of the molecule is N#C[C@H](CO)Cc1cccc(Br)c1. The Morgan fingerprint density at radius 3 is 2.85 bits per heavy atom. The quantitative estimate of drug-likeness (QED) is 0.879. The van der Waals surface area contributed by atoms with Gasteiger partial charge in [0.1, 0.15) is 0 Å². The van der Waals surface area contributed by atoms with Gasteiger partial charge in [-0.15, -0.1) is 0 Å². The van der Waals surface area contributed by atoms with Gasteiger partial charge in [-0.3, -0.25) is 0 Å². The Bertz CT molecular complexity index is 319. The van der Waals surface area contributed by atoms with Crippen LogP contribution in [0.25, 0.3) is 0 Å². The van der Waals surface area contributed by atoms with Crippen LogP contribution in [-0.4, -0.2) is 11.7 Å². The van der Waals surface area contributed by atoms with Crippen molar-refractivity contribution < 1.29 is 5.11 Å². The van der Waals surface area contributed by atoms with Gasteiger partial charge in [-0.05, 0) is 24.1 Å². The molecule has 1 atom stereocenters. The van der Waals surface area contributed by atoms with Gasteiger partial charge in [0.15, 0.2) is 0 Å². The third-order valence-corrected chi connectivity index (χ3v) is 2.27. The maximum absolute atomic E-state index is 8.82. The van der Waals surface area contributed by atoms with Crippen molar-refractivity contribution >= 4 is 15.9 Å². The van der Waals surface area contributed by atoms with Crippen LogP contribution >= 0.6 is 15.9 Å². The summed E-state index contributed by atoms with van der Waals surface area (Å²) in [6.45, 7) is -0.0803. The van der Waals surface area contributed by atoms with Crippen LogP contribution in [0.5, 0.6) is 0 Å². The van der Waals surface area contributed by atoms with E-state index in [1.807, 2.05) is 24.3 Å². The van der Waals surface area contributed by atoms with Crippen LogP contribution in [0.1, 0.15) is 5.56 Å². The summed E-state index contributed by atoms with van der Waals surface area (Å²) in [5.74, 6) is -0.297. The summed E-state index contributed by atoms with van der Waals surface area (Å²) >= 11 is 3.35. The molecule has 13 heavy (non-hydrogen) atoms. The highest BCUT2D eigenvalue weighted by atomic mass is 79.9. The normalized spacial score (nSPS) is 12.1. The number of hydrogen-bond donors (Lipinski definition) is 1. The van der Waals surface area contributed by atoms with E-state index in [-0.39, 0.29) is 12.5 Å². The summed E-state index contributed by atoms with van der Waals surface area (Å²) in [5, 5.41) is 17.5. The summed E-state index contributed by atoms with van der Waals surface area (Å²) in [6, 6.07) is 9.82. The maximum atomic E-state index is 8.82. The van der Waals surface area contributed by atoms with Crippen LogP contribution < -0.4 is 0 Å². The van der Waals surface area contributed by atoms with Crippen LogP contribution in [0, 0.1) is 17.2 Å². The average Bonchev–Trinajstić information content (AvgIpc) is 2.14. The monoisotopic (exact) mass is 239 g/mol. The molecule has 1 rings (SSSR count). The fourth-order valence-electron chi connectivity index (χ4n) is 1.10. The number of rotatable bonds is 3. The van der Waals surface area contributed by atoms with Crippen LogP contribution in [0.3, 0.4) is 0 Å². The lowest BCUT2D eigenvalue weighted by Crippen LogP contribution is -2.06. The molecule has 1 aromatic carbocycles. The molecule has 1 aromatic rings. The van der Waals surface area contributed by atoms with Crippen molar-refractivity contribution in [3.63, 3.8) is 0 Å². The standard InChI is InChI=1S/C10H10BrNO/c11-10-3-1-2-8(5-10)4-9(6-12)7-13/h1-3,5,9,13H,4,7H2/t9-/m1/s1. The van der Waals surface area contributed by atoms with Gasteiger partial charge < -0.3 is 5.11 Å². The molecule has 0 bridgehead atoms. The smallest absolute Gasteiger partial charge is 0.0734 e. The Morgan fingerprint density at radius 2 is 2.31 bits per heavy atom. The fraction of sp³-hybridized carbons (Fsp3) is 0.300. The summed E-state index contributed by atoms with van der Waals surface area (Å²) in [6.07, 6.45) is 0.604. The van der Waals surface area contributed by atoms with E-state index in [9.17, 15) is 0 Å². The molecule has 0 radical (unpaired) electrons. The first kappa shape index (κ1) is 10.2. The zero-order chi connectivity index (χ0) is 9.68. The van der Waals surface area contributed by atoms with Gasteiger partial charge in [-0.2, -0.15) is 5.26 Å². The molecule has 0 heterocycles. The van der Waals surface area contributed by atoms with Crippen LogP contribution in [0.2, 0.25) is 0 Å². The molecule has 0 saturated heterocycles. The summed E-state index contributed by atoms with van der Waals surface area (Å²) in [4.78, 5) is 0. The molecule has 0 aliphatic rings. The Labute approximate surface area is 85.9 Å². The highest BCUT2D eigenvalue weighted by Gasteiger charge is 2.06. The van der Waals surface area contributed by atoms with Gasteiger partial charge in [0.25, 0.3) is 0 Å². The predicted octanol–water partition coefficient (Wildman–Crippen LogP) is 2.12. The lowest BCUT2D eigenvalue weighted by Gasteiger charge is -2.05. The van der Waals surface area contributed by atoms with E-state index in [0.29, 0.717) is 6.42 Å². The molecular formula is C10H10BrNO. The van der Waals surface area contributed by atoms with Gasteiger partial charge in [-0.25, -0.2) is 0 Å².